The predicted octanol–water partition coefficient (Wildman–Crippen LogP) is 1.65. The fourth-order valence-electron chi connectivity index (χ4n) is 2.91. The summed E-state index contributed by atoms with van der Waals surface area (Å²) in [5.74, 6) is -2.14. The minimum absolute atomic E-state index is 0.0495. The van der Waals surface area contributed by atoms with Gasteiger partial charge in [-0.1, -0.05) is 24.3 Å². The van der Waals surface area contributed by atoms with E-state index in [1.165, 1.54) is 32.2 Å². The topological polar surface area (TPSA) is 108 Å². The lowest BCUT2D eigenvalue weighted by atomic mass is 10.0. The largest absolute Gasteiger partial charge is 0.467 e. The molecule has 0 radical (unpaired) electrons. The van der Waals surface area contributed by atoms with Crippen LogP contribution in [0.25, 0.3) is 0 Å². The number of rotatable bonds is 8. The third-order valence-electron chi connectivity index (χ3n) is 4.35. The number of hydrogen-bond acceptors (Lipinski definition) is 5. The van der Waals surface area contributed by atoms with Crippen LogP contribution in [0, 0.1) is 17.1 Å². The lowest BCUT2D eigenvalue weighted by molar-refractivity contribution is -0.145. The quantitative estimate of drug-likeness (QED) is 0.642. The van der Waals surface area contributed by atoms with Gasteiger partial charge in [0.15, 0.2) is 0 Å². The molecule has 0 fully saturated rings. The van der Waals surface area contributed by atoms with Crippen LogP contribution in [0.2, 0.25) is 0 Å². The van der Waals surface area contributed by atoms with Gasteiger partial charge in [0.2, 0.25) is 11.8 Å². The molecule has 0 saturated heterocycles. The zero-order valence-corrected chi connectivity index (χ0v) is 16.6. The average Bonchev–Trinajstić information content (AvgIpc) is 2.72. The Bertz CT molecular complexity index is 954. The first-order valence-electron chi connectivity index (χ1n) is 9.21. The molecule has 2 aromatic carbocycles. The molecule has 2 amide bonds. The highest BCUT2D eigenvalue weighted by atomic mass is 19.1. The second-order valence-corrected chi connectivity index (χ2v) is 6.68. The molecule has 2 aromatic rings. The van der Waals surface area contributed by atoms with Crippen molar-refractivity contribution in [3.05, 3.63) is 71.0 Å². The molecule has 0 bridgehead atoms. The minimum Gasteiger partial charge on any atom is -0.467 e. The predicted molar refractivity (Wildman–Crippen MR) is 107 cm³/mol. The number of carbonyl (C=O) groups excluding carboxylic acids is 3. The standard InChI is InChI=1S/C22H22FN3O4/c1-14(27)25-19(12-17-4-3-5-18(23)10-17)21(28)26-20(22(29)30-2)11-15-6-8-16(13-24)9-7-15/h3-10,19-20H,11-12H2,1-2H3,(H,25,27)(H,26,28)/t19-,20-/m0/s1. The number of carbonyl (C=O) groups is 3. The van der Waals surface area contributed by atoms with Gasteiger partial charge in [-0.25, -0.2) is 9.18 Å². The van der Waals surface area contributed by atoms with Crippen LogP contribution in [0.1, 0.15) is 23.6 Å². The summed E-state index contributed by atoms with van der Waals surface area (Å²) in [6, 6.07) is 12.3. The number of esters is 1. The molecule has 0 unspecified atom stereocenters. The third-order valence-corrected chi connectivity index (χ3v) is 4.35. The molecule has 0 aromatic heterocycles. The Hall–Kier alpha value is -3.73. The maximum Gasteiger partial charge on any atom is 0.328 e. The normalized spacial score (nSPS) is 12.2. The molecular weight excluding hydrogens is 389 g/mol. The van der Waals surface area contributed by atoms with Crippen LogP contribution >= 0.6 is 0 Å². The van der Waals surface area contributed by atoms with E-state index in [2.05, 4.69) is 10.6 Å². The van der Waals surface area contributed by atoms with E-state index in [1.54, 1.807) is 30.3 Å². The highest BCUT2D eigenvalue weighted by Crippen LogP contribution is 2.10. The van der Waals surface area contributed by atoms with Gasteiger partial charge < -0.3 is 15.4 Å². The van der Waals surface area contributed by atoms with Crippen molar-refractivity contribution in [2.45, 2.75) is 31.8 Å². The average molecular weight is 411 g/mol. The van der Waals surface area contributed by atoms with Crippen molar-refractivity contribution >= 4 is 17.8 Å². The van der Waals surface area contributed by atoms with Gasteiger partial charge in [0.1, 0.15) is 17.9 Å². The number of halogens is 1. The molecule has 0 aliphatic heterocycles. The second kappa shape index (κ2) is 10.7. The summed E-state index contributed by atoms with van der Waals surface area (Å²) in [6.45, 7) is 1.26. The molecule has 8 heteroatoms. The molecule has 2 rings (SSSR count). The van der Waals surface area contributed by atoms with Crippen molar-refractivity contribution in [3.63, 3.8) is 0 Å². The van der Waals surface area contributed by atoms with Crippen molar-refractivity contribution in [1.29, 1.82) is 5.26 Å². The molecule has 0 saturated carbocycles. The van der Waals surface area contributed by atoms with Gasteiger partial charge >= 0.3 is 5.97 Å². The van der Waals surface area contributed by atoms with Crippen molar-refractivity contribution in [2.24, 2.45) is 0 Å². The van der Waals surface area contributed by atoms with Crippen LogP contribution in [0.15, 0.2) is 48.5 Å². The third kappa shape index (κ3) is 6.71. The summed E-state index contributed by atoms with van der Waals surface area (Å²) >= 11 is 0. The van der Waals surface area contributed by atoms with Crippen LogP contribution in [0.4, 0.5) is 4.39 Å². The molecule has 2 atom stereocenters. The van der Waals surface area contributed by atoms with Gasteiger partial charge in [0, 0.05) is 19.8 Å². The molecule has 0 aliphatic rings. The Labute approximate surface area is 173 Å². The SMILES string of the molecule is COC(=O)[C@H](Cc1ccc(C#N)cc1)NC(=O)[C@H](Cc1cccc(F)c1)NC(C)=O. The van der Waals surface area contributed by atoms with Gasteiger partial charge in [-0.05, 0) is 35.4 Å². The van der Waals surface area contributed by atoms with E-state index in [1.807, 2.05) is 6.07 Å². The lowest BCUT2D eigenvalue weighted by Crippen LogP contribution is -2.53. The fraction of sp³-hybridized carbons (Fsp3) is 0.273. The first-order valence-corrected chi connectivity index (χ1v) is 9.21. The maximum absolute atomic E-state index is 13.5. The zero-order chi connectivity index (χ0) is 22.1. The first kappa shape index (κ1) is 22.6. The van der Waals surface area contributed by atoms with Gasteiger partial charge in [0.25, 0.3) is 0 Å². The Morgan fingerprint density at radius 1 is 1.03 bits per heavy atom. The highest BCUT2D eigenvalue weighted by Gasteiger charge is 2.27. The lowest BCUT2D eigenvalue weighted by Gasteiger charge is -2.22. The Balaban J connectivity index is 2.17. The van der Waals surface area contributed by atoms with Gasteiger partial charge in [-0.2, -0.15) is 5.26 Å². The molecule has 30 heavy (non-hydrogen) atoms. The van der Waals surface area contributed by atoms with Crippen molar-refractivity contribution in [3.8, 4) is 6.07 Å². The molecule has 0 spiro atoms. The molecule has 2 N–H and O–H groups in total. The van der Waals surface area contributed by atoms with Crippen molar-refractivity contribution < 1.29 is 23.5 Å². The number of benzene rings is 2. The Morgan fingerprint density at radius 2 is 1.70 bits per heavy atom. The van der Waals surface area contributed by atoms with Gasteiger partial charge in [0.05, 0.1) is 18.7 Å². The molecule has 0 aliphatic carbocycles. The summed E-state index contributed by atoms with van der Waals surface area (Å²) in [5.41, 5.74) is 1.70. The Kier molecular flexibility index (Phi) is 8.06. The number of nitrogens with one attached hydrogen (secondary N) is 2. The smallest absolute Gasteiger partial charge is 0.328 e. The first-order chi connectivity index (χ1) is 14.3. The number of nitriles is 1. The van der Waals surface area contributed by atoms with Gasteiger partial charge in [-0.3, -0.25) is 9.59 Å². The number of hydrogen-bond donors (Lipinski definition) is 2. The Morgan fingerprint density at radius 3 is 2.27 bits per heavy atom. The maximum atomic E-state index is 13.5. The van der Waals surface area contributed by atoms with Crippen molar-refractivity contribution in [2.75, 3.05) is 7.11 Å². The van der Waals surface area contributed by atoms with E-state index in [-0.39, 0.29) is 12.8 Å². The van der Waals surface area contributed by atoms with E-state index in [0.29, 0.717) is 16.7 Å². The fourth-order valence-corrected chi connectivity index (χ4v) is 2.91. The molecule has 0 heterocycles. The summed E-state index contributed by atoms with van der Waals surface area (Å²) in [7, 11) is 1.21. The van der Waals surface area contributed by atoms with E-state index in [4.69, 9.17) is 10.00 Å². The highest BCUT2D eigenvalue weighted by molar-refractivity contribution is 5.90. The van der Waals surface area contributed by atoms with Crippen LogP contribution in [0.3, 0.4) is 0 Å². The van der Waals surface area contributed by atoms with E-state index in [9.17, 15) is 18.8 Å². The van der Waals surface area contributed by atoms with E-state index in [0.717, 1.165) is 0 Å². The summed E-state index contributed by atoms with van der Waals surface area (Å²) in [6.07, 6.45) is 0.185. The molecule has 156 valence electrons. The molecular formula is C22H22FN3O4. The monoisotopic (exact) mass is 411 g/mol. The summed E-state index contributed by atoms with van der Waals surface area (Å²) < 4.78 is 18.3. The van der Waals surface area contributed by atoms with Crippen LogP contribution < -0.4 is 10.6 Å². The zero-order valence-electron chi connectivity index (χ0n) is 16.6. The number of methoxy groups -OCH3 is 1. The van der Waals surface area contributed by atoms with E-state index < -0.39 is 35.7 Å². The summed E-state index contributed by atoms with van der Waals surface area (Å²) in [5, 5.41) is 14.0. The van der Waals surface area contributed by atoms with Gasteiger partial charge in [-0.15, -0.1) is 0 Å². The second-order valence-electron chi connectivity index (χ2n) is 6.68. The van der Waals surface area contributed by atoms with Crippen molar-refractivity contribution in [1.82, 2.24) is 10.6 Å². The number of amides is 2. The van der Waals surface area contributed by atoms with E-state index >= 15 is 0 Å². The van der Waals surface area contributed by atoms with Crippen LogP contribution in [-0.2, 0) is 32.0 Å². The number of ether oxygens (including phenoxy) is 1. The summed E-state index contributed by atoms with van der Waals surface area (Å²) in [4.78, 5) is 36.6. The number of nitrogens with zero attached hydrogens (tertiary/aromatic N) is 1. The molecule has 7 nitrogen and oxygen atoms in total. The van der Waals surface area contributed by atoms with Crippen LogP contribution in [0.5, 0.6) is 0 Å². The van der Waals surface area contributed by atoms with Crippen LogP contribution in [-0.4, -0.2) is 37.0 Å². The minimum atomic E-state index is -1.00.